The SMILES string of the molecule is CNC(CC(F)(F)F)c1cc2c(cc1Cl)OCCO2. The van der Waals surface area contributed by atoms with Gasteiger partial charge in [0, 0.05) is 17.1 Å². The molecule has 0 saturated heterocycles. The van der Waals surface area contributed by atoms with E-state index in [1.165, 1.54) is 19.2 Å². The number of benzene rings is 1. The average molecular weight is 296 g/mol. The van der Waals surface area contributed by atoms with Gasteiger partial charge in [0.1, 0.15) is 13.2 Å². The first-order chi connectivity index (χ1) is 8.90. The molecule has 7 heteroatoms. The molecule has 1 heterocycles. The van der Waals surface area contributed by atoms with Crippen LogP contribution in [-0.4, -0.2) is 26.4 Å². The normalized spacial score (nSPS) is 16.3. The Morgan fingerprint density at radius 2 is 1.84 bits per heavy atom. The maximum atomic E-state index is 12.5. The van der Waals surface area contributed by atoms with Crippen molar-refractivity contribution >= 4 is 11.6 Å². The van der Waals surface area contributed by atoms with Crippen LogP contribution in [0.15, 0.2) is 12.1 Å². The Hall–Kier alpha value is -1.14. The van der Waals surface area contributed by atoms with Gasteiger partial charge in [-0.2, -0.15) is 13.2 Å². The molecule has 19 heavy (non-hydrogen) atoms. The van der Waals surface area contributed by atoms with E-state index in [0.717, 1.165) is 0 Å². The third-order valence-corrected chi connectivity index (χ3v) is 3.15. The summed E-state index contributed by atoms with van der Waals surface area (Å²) in [5.41, 5.74) is 0.353. The fraction of sp³-hybridized carbons (Fsp3) is 0.500. The highest BCUT2D eigenvalue weighted by Gasteiger charge is 2.33. The van der Waals surface area contributed by atoms with Crippen molar-refractivity contribution in [3.05, 3.63) is 22.7 Å². The predicted molar refractivity (Wildman–Crippen MR) is 64.9 cm³/mol. The molecule has 3 nitrogen and oxygen atoms in total. The van der Waals surface area contributed by atoms with Crippen LogP contribution < -0.4 is 14.8 Å². The molecule has 0 amide bonds. The number of halogens is 4. The van der Waals surface area contributed by atoms with Crippen molar-refractivity contribution in [2.24, 2.45) is 0 Å². The van der Waals surface area contributed by atoms with Crippen LogP contribution in [0, 0.1) is 0 Å². The molecule has 0 saturated carbocycles. The summed E-state index contributed by atoms with van der Waals surface area (Å²) in [6, 6.07) is 2.08. The van der Waals surface area contributed by atoms with E-state index in [9.17, 15) is 13.2 Å². The fourth-order valence-corrected chi connectivity index (χ4v) is 2.23. The molecule has 0 bridgehead atoms. The lowest BCUT2D eigenvalue weighted by atomic mass is 10.0. The van der Waals surface area contributed by atoms with E-state index in [0.29, 0.717) is 30.3 Å². The van der Waals surface area contributed by atoms with Gasteiger partial charge in [0.2, 0.25) is 0 Å². The first kappa shape index (κ1) is 14.3. The van der Waals surface area contributed by atoms with Crippen molar-refractivity contribution in [1.29, 1.82) is 0 Å². The highest BCUT2D eigenvalue weighted by molar-refractivity contribution is 6.31. The fourth-order valence-electron chi connectivity index (χ4n) is 1.95. The zero-order valence-electron chi connectivity index (χ0n) is 10.2. The third kappa shape index (κ3) is 3.45. The summed E-state index contributed by atoms with van der Waals surface area (Å²) in [5, 5.41) is 2.85. The van der Waals surface area contributed by atoms with Crippen molar-refractivity contribution in [1.82, 2.24) is 5.32 Å². The van der Waals surface area contributed by atoms with E-state index >= 15 is 0 Å². The topological polar surface area (TPSA) is 30.5 Å². The Labute approximate surface area is 113 Å². The maximum absolute atomic E-state index is 12.5. The number of hydrogen-bond acceptors (Lipinski definition) is 3. The summed E-state index contributed by atoms with van der Waals surface area (Å²) in [5.74, 6) is 0.884. The number of ether oxygens (including phenoxy) is 2. The monoisotopic (exact) mass is 295 g/mol. The standard InChI is InChI=1S/C12H13ClF3NO2/c1-17-9(6-12(14,15)16)7-4-10-11(5-8(7)13)19-3-2-18-10/h4-5,9,17H,2-3,6H2,1H3. The summed E-state index contributed by atoms with van der Waals surface area (Å²) >= 11 is 6.02. The van der Waals surface area contributed by atoms with Crippen molar-refractivity contribution in [2.45, 2.75) is 18.6 Å². The number of hydrogen-bond donors (Lipinski definition) is 1. The molecule has 0 fully saturated rings. The molecule has 1 aliphatic heterocycles. The Kier molecular flexibility index (Phi) is 4.10. The van der Waals surface area contributed by atoms with Crippen LogP contribution in [0.5, 0.6) is 11.5 Å². The number of alkyl halides is 3. The van der Waals surface area contributed by atoms with Crippen LogP contribution in [0.1, 0.15) is 18.0 Å². The summed E-state index contributed by atoms with van der Waals surface area (Å²) in [6.45, 7) is 0.776. The zero-order valence-corrected chi connectivity index (χ0v) is 10.9. The van der Waals surface area contributed by atoms with Gasteiger partial charge < -0.3 is 14.8 Å². The molecule has 1 N–H and O–H groups in total. The first-order valence-electron chi connectivity index (χ1n) is 5.74. The van der Waals surface area contributed by atoms with E-state index in [1.54, 1.807) is 0 Å². The number of fused-ring (bicyclic) bond motifs is 1. The van der Waals surface area contributed by atoms with Crippen LogP contribution in [-0.2, 0) is 0 Å². The molecule has 0 radical (unpaired) electrons. The second kappa shape index (κ2) is 5.46. The minimum absolute atomic E-state index is 0.229. The summed E-state index contributed by atoms with van der Waals surface area (Å²) in [7, 11) is 1.46. The molecule has 0 aliphatic carbocycles. The van der Waals surface area contributed by atoms with Gasteiger partial charge in [-0.1, -0.05) is 11.6 Å². The highest BCUT2D eigenvalue weighted by atomic mass is 35.5. The number of nitrogens with one attached hydrogen (secondary N) is 1. The zero-order chi connectivity index (χ0) is 14.0. The predicted octanol–water partition coefficient (Wildman–Crippen LogP) is 3.32. The van der Waals surface area contributed by atoms with E-state index in [2.05, 4.69) is 5.32 Å². The Bertz CT molecular complexity index is 465. The number of rotatable bonds is 3. The Morgan fingerprint density at radius 3 is 2.37 bits per heavy atom. The summed E-state index contributed by atoms with van der Waals surface area (Å²) in [4.78, 5) is 0. The third-order valence-electron chi connectivity index (χ3n) is 2.82. The summed E-state index contributed by atoms with van der Waals surface area (Å²) in [6.07, 6.45) is -5.27. The lowest BCUT2D eigenvalue weighted by Crippen LogP contribution is -2.24. The molecule has 1 atom stereocenters. The molecule has 106 valence electrons. The van der Waals surface area contributed by atoms with Crippen LogP contribution in [0.25, 0.3) is 0 Å². The molecule has 0 spiro atoms. The Balaban J connectivity index is 2.32. The second-order valence-corrected chi connectivity index (χ2v) is 4.59. The van der Waals surface area contributed by atoms with Gasteiger partial charge >= 0.3 is 6.18 Å². The smallest absolute Gasteiger partial charge is 0.390 e. The molecule has 1 aromatic carbocycles. The average Bonchev–Trinajstić information content (AvgIpc) is 2.34. The molecule has 0 aromatic heterocycles. The van der Waals surface area contributed by atoms with Gasteiger partial charge in [-0.25, -0.2) is 0 Å². The van der Waals surface area contributed by atoms with E-state index in [4.69, 9.17) is 21.1 Å². The van der Waals surface area contributed by atoms with Gasteiger partial charge in [-0.05, 0) is 18.7 Å². The van der Waals surface area contributed by atoms with Gasteiger partial charge in [-0.15, -0.1) is 0 Å². The van der Waals surface area contributed by atoms with Gasteiger partial charge in [0.15, 0.2) is 11.5 Å². The second-order valence-electron chi connectivity index (χ2n) is 4.18. The van der Waals surface area contributed by atoms with Crippen LogP contribution in [0.4, 0.5) is 13.2 Å². The van der Waals surface area contributed by atoms with Crippen molar-refractivity contribution in [2.75, 3.05) is 20.3 Å². The Morgan fingerprint density at radius 1 is 1.26 bits per heavy atom. The van der Waals surface area contributed by atoms with Gasteiger partial charge in [-0.3, -0.25) is 0 Å². The van der Waals surface area contributed by atoms with Crippen LogP contribution in [0.2, 0.25) is 5.02 Å². The molecule has 2 rings (SSSR count). The molecule has 1 aromatic rings. The molecule has 1 aliphatic rings. The van der Waals surface area contributed by atoms with Crippen molar-refractivity contribution in [3.8, 4) is 11.5 Å². The first-order valence-corrected chi connectivity index (χ1v) is 6.11. The van der Waals surface area contributed by atoms with E-state index < -0.39 is 18.6 Å². The van der Waals surface area contributed by atoms with Crippen LogP contribution in [0.3, 0.4) is 0 Å². The molecular formula is C12H13ClF3NO2. The highest BCUT2D eigenvalue weighted by Crippen LogP contribution is 2.40. The minimum atomic E-state index is -4.27. The van der Waals surface area contributed by atoms with Gasteiger partial charge in [0.25, 0.3) is 0 Å². The van der Waals surface area contributed by atoms with Crippen LogP contribution >= 0.6 is 11.6 Å². The molecular weight excluding hydrogens is 283 g/mol. The maximum Gasteiger partial charge on any atom is 0.390 e. The van der Waals surface area contributed by atoms with E-state index in [1.807, 2.05) is 0 Å². The minimum Gasteiger partial charge on any atom is -0.486 e. The summed E-state index contributed by atoms with van der Waals surface area (Å²) < 4.78 is 48.2. The van der Waals surface area contributed by atoms with Crippen molar-refractivity contribution in [3.63, 3.8) is 0 Å². The largest absolute Gasteiger partial charge is 0.486 e. The van der Waals surface area contributed by atoms with Gasteiger partial charge in [0.05, 0.1) is 6.42 Å². The lowest BCUT2D eigenvalue weighted by Gasteiger charge is -2.24. The van der Waals surface area contributed by atoms with E-state index in [-0.39, 0.29) is 5.02 Å². The lowest BCUT2D eigenvalue weighted by molar-refractivity contribution is -0.140. The quantitative estimate of drug-likeness (QED) is 0.928. The van der Waals surface area contributed by atoms with Crippen molar-refractivity contribution < 1.29 is 22.6 Å². The molecule has 1 unspecified atom stereocenters.